The van der Waals surface area contributed by atoms with Crippen molar-refractivity contribution in [1.82, 2.24) is 5.43 Å². The van der Waals surface area contributed by atoms with E-state index in [4.69, 9.17) is 10.9 Å². The molecule has 0 aromatic heterocycles. The summed E-state index contributed by atoms with van der Waals surface area (Å²) < 4.78 is 0. The molecule has 0 unspecified atom stereocenters. The molecule has 0 aliphatic rings. The number of hydrazine groups is 1. The maximum Gasteiger partial charge on any atom is 0.236 e. The average Bonchev–Trinajstić information content (AvgIpc) is 1.88. The van der Waals surface area contributed by atoms with Crippen LogP contribution in [-0.4, -0.2) is 17.1 Å². The second-order valence-corrected chi connectivity index (χ2v) is 2.21. The monoisotopic (exact) mass is 146 g/mol. The molecular formula is C6H14N2O2. The first kappa shape index (κ1) is 9.39. The number of carbonyl (C=O) groups excluding carboxylic acids is 1. The lowest BCUT2D eigenvalue weighted by Crippen LogP contribution is -2.32. The third-order valence-corrected chi connectivity index (χ3v) is 1.20. The molecule has 4 nitrogen and oxygen atoms in total. The number of nitrogens with one attached hydrogen (secondary N) is 1. The Hall–Kier alpha value is -0.610. The molecule has 0 fully saturated rings. The molecule has 0 radical (unpaired) electrons. The van der Waals surface area contributed by atoms with Gasteiger partial charge in [-0.15, -0.1) is 0 Å². The first-order valence-corrected chi connectivity index (χ1v) is 3.38. The Morgan fingerprint density at radius 2 is 2.40 bits per heavy atom. The number of carbonyl (C=O) groups is 1. The number of aliphatic hydroxyl groups excluding tert-OH is 1. The van der Waals surface area contributed by atoms with Crippen molar-refractivity contribution >= 4 is 5.91 Å². The van der Waals surface area contributed by atoms with Crippen molar-refractivity contribution in [2.45, 2.75) is 32.3 Å². The highest BCUT2D eigenvalue weighted by molar-refractivity contribution is 5.75. The molecule has 0 rings (SSSR count). The Morgan fingerprint density at radius 1 is 1.80 bits per heavy atom. The third-order valence-electron chi connectivity index (χ3n) is 1.20. The van der Waals surface area contributed by atoms with Crippen LogP contribution in [-0.2, 0) is 4.79 Å². The highest BCUT2D eigenvalue weighted by Gasteiger charge is 2.07. The van der Waals surface area contributed by atoms with Crippen molar-refractivity contribution in [2.75, 3.05) is 0 Å². The summed E-state index contributed by atoms with van der Waals surface area (Å²) in [5.74, 6) is 4.49. The van der Waals surface area contributed by atoms with E-state index in [2.05, 4.69) is 0 Å². The molecule has 10 heavy (non-hydrogen) atoms. The molecule has 4 N–H and O–H groups in total. The van der Waals surface area contributed by atoms with Gasteiger partial charge in [0.1, 0.15) is 0 Å². The molecular weight excluding hydrogens is 132 g/mol. The number of hydrogen-bond donors (Lipinski definition) is 3. The maximum absolute atomic E-state index is 10.5. The fourth-order valence-corrected chi connectivity index (χ4v) is 0.708. The zero-order chi connectivity index (χ0) is 7.98. The van der Waals surface area contributed by atoms with E-state index in [1.165, 1.54) is 0 Å². The van der Waals surface area contributed by atoms with Gasteiger partial charge < -0.3 is 5.11 Å². The summed E-state index contributed by atoms with van der Waals surface area (Å²) in [4.78, 5) is 10.5. The van der Waals surface area contributed by atoms with Gasteiger partial charge >= 0.3 is 0 Å². The number of amides is 1. The second-order valence-electron chi connectivity index (χ2n) is 2.21. The fraction of sp³-hybridized carbons (Fsp3) is 0.833. The Morgan fingerprint density at radius 3 is 2.80 bits per heavy atom. The van der Waals surface area contributed by atoms with Gasteiger partial charge in [-0.1, -0.05) is 13.3 Å². The van der Waals surface area contributed by atoms with E-state index < -0.39 is 6.10 Å². The van der Waals surface area contributed by atoms with E-state index >= 15 is 0 Å². The van der Waals surface area contributed by atoms with Gasteiger partial charge in [-0.2, -0.15) is 0 Å². The van der Waals surface area contributed by atoms with Crippen LogP contribution < -0.4 is 11.3 Å². The van der Waals surface area contributed by atoms with Crippen LogP contribution >= 0.6 is 0 Å². The van der Waals surface area contributed by atoms with Crippen molar-refractivity contribution in [2.24, 2.45) is 5.84 Å². The summed E-state index contributed by atoms with van der Waals surface area (Å²) in [6.07, 6.45) is 1.07. The number of rotatable bonds is 4. The number of aliphatic hydroxyl groups is 1. The Balaban J connectivity index is 3.37. The normalized spacial score (nSPS) is 12.7. The van der Waals surface area contributed by atoms with Crippen LogP contribution in [0.5, 0.6) is 0 Å². The molecule has 0 aromatic rings. The Kier molecular flexibility index (Phi) is 4.88. The third kappa shape index (κ3) is 4.29. The van der Waals surface area contributed by atoms with Crippen LogP contribution in [0.25, 0.3) is 0 Å². The maximum atomic E-state index is 10.5. The van der Waals surface area contributed by atoms with E-state index in [-0.39, 0.29) is 12.3 Å². The van der Waals surface area contributed by atoms with Gasteiger partial charge in [0.05, 0.1) is 12.5 Å². The molecule has 0 bridgehead atoms. The van der Waals surface area contributed by atoms with Crippen LogP contribution in [0.1, 0.15) is 26.2 Å². The van der Waals surface area contributed by atoms with E-state index in [9.17, 15) is 4.79 Å². The van der Waals surface area contributed by atoms with Crippen LogP contribution in [0.3, 0.4) is 0 Å². The smallest absolute Gasteiger partial charge is 0.236 e. The lowest BCUT2D eigenvalue weighted by atomic mass is 10.1. The molecule has 0 saturated heterocycles. The molecule has 4 heteroatoms. The summed E-state index contributed by atoms with van der Waals surface area (Å²) >= 11 is 0. The molecule has 0 aromatic carbocycles. The molecule has 0 saturated carbocycles. The Labute approximate surface area is 60.4 Å². The van der Waals surface area contributed by atoms with Crippen molar-refractivity contribution in [3.05, 3.63) is 0 Å². The summed E-state index contributed by atoms with van der Waals surface area (Å²) in [7, 11) is 0. The topological polar surface area (TPSA) is 75.3 Å². The zero-order valence-electron chi connectivity index (χ0n) is 6.13. The highest BCUT2D eigenvalue weighted by atomic mass is 16.3. The molecule has 0 aliphatic carbocycles. The molecule has 0 spiro atoms. The number of nitrogens with two attached hydrogens (primary N) is 1. The van der Waals surface area contributed by atoms with E-state index in [1.54, 1.807) is 0 Å². The van der Waals surface area contributed by atoms with E-state index in [1.807, 2.05) is 12.3 Å². The minimum absolute atomic E-state index is 0.102. The summed E-state index contributed by atoms with van der Waals surface area (Å²) in [6.45, 7) is 1.95. The van der Waals surface area contributed by atoms with E-state index in [0.717, 1.165) is 6.42 Å². The van der Waals surface area contributed by atoms with Gasteiger partial charge in [0, 0.05) is 0 Å². The van der Waals surface area contributed by atoms with Gasteiger partial charge in [-0.3, -0.25) is 10.2 Å². The van der Waals surface area contributed by atoms with Crippen LogP contribution in [0.15, 0.2) is 0 Å². The minimum atomic E-state index is -0.548. The standard InChI is InChI=1S/C6H14N2O2/c1-2-3-5(9)4-6(10)8-7/h5,9H,2-4,7H2,1H3,(H,8,10)/t5-/m0/s1. The molecule has 0 heterocycles. The van der Waals surface area contributed by atoms with Gasteiger partial charge in [-0.25, -0.2) is 5.84 Å². The predicted molar refractivity (Wildman–Crippen MR) is 37.9 cm³/mol. The lowest BCUT2D eigenvalue weighted by Gasteiger charge is -2.06. The first-order valence-electron chi connectivity index (χ1n) is 3.38. The van der Waals surface area contributed by atoms with E-state index in [0.29, 0.717) is 6.42 Å². The lowest BCUT2D eigenvalue weighted by molar-refractivity contribution is -0.123. The summed E-state index contributed by atoms with van der Waals surface area (Å²) in [5.41, 5.74) is 1.96. The van der Waals surface area contributed by atoms with Crippen molar-refractivity contribution in [3.8, 4) is 0 Å². The van der Waals surface area contributed by atoms with Gasteiger partial charge in [-0.05, 0) is 6.42 Å². The molecule has 1 atom stereocenters. The van der Waals surface area contributed by atoms with Crippen LogP contribution in [0.2, 0.25) is 0 Å². The summed E-state index contributed by atoms with van der Waals surface area (Å²) in [5, 5.41) is 9.03. The molecule has 0 aliphatic heterocycles. The van der Waals surface area contributed by atoms with Crippen LogP contribution in [0, 0.1) is 0 Å². The van der Waals surface area contributed by atoms with Crippen molar-refractivity contribution < 1.29 is 9.90 Å². The highest BCUT2D eigenvalue weighted by Crippen LogP contribution is 1.99. The quantitative estimate of drug-likeness (QED) is 0.285. The van der Waals surface area contributed by atoms with Gasteiger partial charge in [0.25, 0.3) is 0 Å². The average molecular weight is 146 g/mol. The fourth-order valence-electron chi connectivity index (χ4n) is 0.708. The predicted octanol–water partition coefficient (Wildman–Crippen LogP) is -0.473. The van der Waals surface area contributed by atoms with Crippen molar-refractivity contribution in [3.63, 3.8) is 0 Å². The Bertz CT molecular complexity index is 106. The molecule has 1 amide bonds. The number of hydrogen-bond acceptors (Lipinski definition) is 3. The SMILES string of the molecule is CCC[C@H](O)CC(=O)NN. The zero-order valence-corrected chi connectivity index (χ0v) is 6.13. The second kappa shape index (κ2) is 5.20. The summed E-state index contributed by atoms with van der Waals surface area (Å²) in [6, 6.07) is 0. The van der Waals surface area contributed by atoms with Crippen molar-refractivity contribution in [1.29, 1.82) is 0 Å². The largest absolute Gasteiger partial charge is 0.393 e. The minimum Gasteiger partial charge on any atom is -0.393 e. The van der Waals surface area contributed by atoms with Gasteiger partial charge in [0.2, 0.25) is 5.91 Å². The molecule has 60 valence electrons. The van der Waals surface area contributed by atoms with Gasteiger partial charge in [0.15, 0.2) is 0 Å². The first-order chi connectivity index (χ1) is 4.70. The van der Waals surface area contributed by atoms with Crippen LogP contribution in [0.4, 0.5) is 0 Å².